The van der Waals surface area contributed by atoms with Gasteiger partial charge in [-0.15, -0.1) is 0 Å². The van der Waals surface area contributed by atoms with Crippen LogP contribution in [0.15, 0.2) is 30.5 Å². The predicted molar refractivity (Wildman–Crippen MR) is 84.3 cm³/mol. The van der Waals surface area contributed by atoms with Gasteiger partial charge in [0.25, 0.3) is 0 Å². The standard InChI is InChI=1S/C17H19N3O/c1-2-7-16-19-15-12-18-14-9-4-3-8-13(14)17(15)20(16)10-5-6-11-21/h3-4,8-9,11-12H,2,5-7,10H2,1H3. The molecule has 3 rings (SSSR count). The maximum atomic E-state index is 10.6. The molecule has 0 unspecified atom stereocenters. The number of unbranched alkanes of at least 4 members (excludes halogenated alkanes) is 1. The largest absolute Gasteiger partial charge is 0.327 e. The second-order valence-electron chi connectivity index (χ2n) is 5.25. The van der Waals surface area contributed by atoms with Gasteiger partial charge in [-0.05, 0) is 18.9 Å². The molecule has 2 aromatic heterocycles. The van der Waals surface area contributed by atoms with Crippen LogP contribution in [0, 0.1) is 0 Å². The molecule has 1 aromatic carbocycles. The second-order valence-corrected chi connectivity index (χ2v) is 5.25. The zero-order chi connectivity index (χ0) is 14.7. The average Bonchev–Trinajstić information content (AvgIpc) is 2.86. The SMILES string of the molecule is CCCc1nc2cnc3ccccc3c2n1CCCC=O. The molecule has 4 nitrogen and oxygen atoms in total. The molecule has 0 spiro atoms. The Morgan fingerprint density at radius 2 is 2.10 bits per heavy atom. The van der Waals surface area contributed by atoms with Gasteiger partial charge in [0, 0.05) is 24.8 Å². The van der Waals surface area contributed by atoms with Crippen LogP contribution < -0.4 is 0 Å². The van der Waals surface area contributed by atoms with Gasteiger partial charge in [0.05, 0.1) is 17.2 Å². The summed E-state index contributed by atoms with van der Waals surface area (Å²) in [5.74, 6) is 1.09. The molecule has 2 heterocycles. The van der Waals surface area contributed by atoms with Crippen molar-refractivity contribution in [2.75, 3.05) is 0 Å². The van der Waals surface area contributed by atoms with Crippen LogP contribution >= 0.6 is 0 Å². The molecular formula is C17H19N3O. The maximum Gasteiger partial charge on any atom is 0.120 e. The summed E-state index contributed by atoms with van der Waals surface area (Å²) in [6, 6.07) is 8.16. The molecule has 0 aliphatic rings. The van der Waals surface area contributed by atoms with E-state index in [2.05, 4.69) is 22.5 Å². The zero-order valence-electron chi connectivity index (χ0n) is 12.2. The van der Waals surface area contributed by atoms with Gasteiger partial charge in [-0.2, -0.15) is 0 Å². The number of benzene rings is 1. The minimum atomic E-state index is 0.592. The minimum Gasteiger partial charge on any atom is -0.327 e. The summed E-state index contributed by atoms with van der Waals surface area (Å²) in [6.07, 6.45) is 6.29. The Hall–Kier alpha value is -2.23. The first-order valence-corrected chi connectivity index (χ1v) is 7.51. The molecule has 108 valence electrons. The van der Waals surface area contributed by atoms with E-state index in [0.29, 0.717) is 6.42 Å². The molecule has 0 fully saturated rings. The van der Waals surface area contributed by atoms with Crippen molar-refractivity contribution in [3.63, 3.8) is 0 Å². The molecule has 0 radical (unpaired) electrons. The molecule has 21 heavy (non-hydrogen) atoms. The summed E-state index contributed by atoms with van der Waals surface area (Å²) < 4.78 is 2.27. The van der Waals surface area contributed by atoms with Crippen LogP contribution in [0.4, 0.5) is 0 Å². The third-order valence-electron chi connectivity index (χ3n) is 3.74. The number of rotatable bonds is 6. The summed E-state index contributed by atoms with van der Waals surface area (Å²) in [6.45, 7) is 2.99. The number of fused-ring (bicyclic) bond motifs is 3. The number of nitrogens with zero attached hydrogens (tertiary/aromatic N) is 3. The van der Waals surface area contributed by atoms with E-state index in [4.69, 9.17) is 4.98 Å². The summed E-state index contributed by atoms with van der Waals surface area (Å²) in [7, 11) is 0. The first kappa shape index (κ1) is 13.7. The third kappa shape index (κ3) is 2.53. The topological polar surface area (TPSA) is 47.8 Å². The number of para-hydroxylation sites is 1. The molecule has 0 amide bonds. The zero-order valence-corrected chi connectivity index (χ0v) is 12.2. The highest BCUT2D eigenvalue weighted by Gasteiger charge is 2.13. The van der Waals surface area contributed by atoms with Gasteiger partial charge in [0.2, 0.25) is 0 Å². The van der Waals surface area contributed by atoms with Crippen LogP contribution in [0.3, 0.4) is 0 Å². The fraction of sp³-hybridized carbons (Fsp3) is 0.353. The normalized spacial score (nSPS) is 11.3. The molecule has 3 aromatic rings. The molecule has 4 heteroatoms. The number of imidazole rings is 1. The van der Waals surface area contributed by atoms with Crippen molar-refractivity contribution in [2.45, 2.75) is 39.2 Å². The van der Waals surface area contributed by atoms with Gasteiger partial charge in [-0.1, -0.05) is 25.1 Å². The van der Waals surface area contributed by atoms with E-state index in [1.54, 1.807) is 0 Å². The highest BCUT2D eigenvalue weighted by Crippen LogP contribution is 2.25. The molecule has 0 saturated heterocycles. The number of hydrogen-bond acceptors (Lipinski definition) is 3. The van der Waals surface area contributed by atoms with E-state index >= 15 is 0 Å². The Morgan fingerprint density at radius 1 is 1.24 bits per heavy atom. The Balaban J connectivity index is 2.19. The Bertz CT molecular complexity index is 776. The lowest BCUT2D eigenvalue weighted by Gasteiger charge is -2.09. The molecule has 0 atom stereocenters. The molecule has 0 aliphatic heterocycles. The molecule has 0 aliphatic carbocycles. The lowest BCUT2D eigenvalue weighted by Crippen LogP contribution is -2.04. The third-order valence-corrected chi connectivity index (χ3v) is 3.74. The number of carbonyl (C=O) groups is 1. The summed E-state index contributed by atoms with van der Waals surface area (Å²) >= 11 is 0. The number of aromatic nitrogens is 3. The summed E-state index contributed by atoms with van der Waals surface area (Å²) in [5, 5.41) is 1.14. The first-order chi connectivity index (χ1) is 10.3. The summed E-state index contributed by atoms with van der Waals surface area (Å²) in [5.41, 5.74) is 3.09. The van der Waals surface area contributed by atoms with E-state index in [0.717, 1.165) is 59.9 Å². The van der Waals surface area contributed by atoms with Gasteiger partial charge in [0.1, 0.15) is 17.6 Å². The highest BCUT2D eigenvalue weighted by molar-refractivity contribution is 6.02. The predicted octanol–water partition coefficient (Wildman–Crippen LogP) is 3.52. The molecule has 0 N–H and O–H groups in total. The van der Waals surface area contributed by atoms with Crippen LogP contribution in [0.5, 0.6) is 0 Å². The maximum absolute atomic E-state index is 10.6. The molecular weight excluding hydrogens is 262 g/mol. The number of aryl methyl sites for hydroxylation is 2. The Morgan fingerprint density at radius 3 is 2.90 bits per heavy atom. The Kier molecular flexibility index (Phi) is 3.95. The number of hydrogen-bond donors (Lipinski definition) is 0. The second kappa shape index (κ2) is 6.04. The summed E-state index contributed by atoms with van der Waals surface area (Å²) in [4.78, 5) is 19.8. The van der Waals surface area contributed by atoms with E-state index < -0.39 is 0 Å². The van der Waals surface area contributed by atoms with Crippen molar-refractivity contribution in [1.29, 1.82) is 0 Å². The fourth-order valence-electron chi connectivity index (χ4n) is 2.80. The first-order valence-electron chi connectivity index (χ1n) is 7.51. The molecule has 0 saturated carbocycles. The lowest BCUT2D eigenvalue weighted by atomic mass is 10.2. The van der Waals surface area contributed by atoms with Crippen molar-refractivity contribution in [2.24, 2.45) is 0 Å². The van der Waals surface area contributed by atoms with Crippen molar-refractivity contribution in [1.82, 2.24) is 14.5 Å². The van der Waals surface area contributed by atoms with E-state index in [1.807, 2.05) is 24.4 Å². The van der Waals surface area contributed by atoms with Crippen molar-refractivity contribution in [3.8, 4) is 0 Å². The quantitative estimate of drug-likeness (QED) is 0.513. The number of aldehydes is 1. The van der Waals surface area contributed by atoms with E-state index in [9.17, 15) is 4.79 Å². The van der Waals surface area contributed by atoms with E-state index in [1.165, 1.54) is 0 Å². The smallest absolute Gasteiger partial charge is 0.120 e. The van der Waals surface area contributed by atoms with Gasteiger partial charge < -0.3 is 9.36 Å². The van der Waals surface area contributed by atoms with Crippen molar-refractivity contribution < 1.29 is 4.79 Å². The average molecular weight is 281 g/mol. The Labute approximate surface area is 123 Å². The van der Waals surface area contributed by atoms with Gasteiger partial charge in [0.15, 0.2) is 0 Å². The van der Waals surface area contributed by atoms with Crippen molar-refractivity contribution >= 4 is 28.2 Å². The molecule has 0 bridgehead atoms. The number of pyridine rings is 1. The van der Waals surface area contributed by atoms with Crippen LogP contribution in [0.2, 0.25) is 0 Å². The number of carbonyl (C=O) groups excluding carboxylic acids is 1. The lowest BCUT2D eigenvalue weighted by molar-refractivity contribution is -0.107. The monoisotopic (exact) mass is 281 g/mol. The van der Waals surface area contributed by atoms with Crippen LogP contribution in [-0.4, -0.2) is 20.8 Å². The van der Waals surface area contributed by atoms with Gasteiger partial charge in [-0.3, -0.25) is 4.98 Å². The van der Waals surface area contributed by atoms with Crippen LogP contribution in [-0.2, 0) is 17.8 Å². The fourth-order valence-corrected chi connectivity index (χ4v) is 2.80. The van der Waals surface area contributed by atoms with Crippen LogP contribution in [0.25, 0.3) is 21.9 Å². The van der Waals surface area contributed by atoms with Gasteiger partial charge >= 0.3 is 0 Å². The minimum absolute atomic E-state index is 0.592. The van der Waals surface area contributed by atoms with E-state index in [-0.39, 0.29) is 0 Å². The van der Waals surface area contributed by atoms with Gasteiger partial charge in [-0.25, -0.2) is 4.98 Å². The van der Waals surface area contributed by atoms with Crippen molar-refractivity contribution in [3.05, 3.63) is 36.3 Å². The highest BCUT2D eigenvalue weighted by atomic mass is 16.1. The van der Waals surface area contributed by atoms with Crippen LogP contribution in [0.1, 0.15) is 32.0 Å².